The molecule has 5 nitrogen and oxygen atoms in total. The molecule has 0 atom stereocenters. The maximum atomic E-state index is 10.3. The maximum absolute atomic E-state index is 10.3. The van der Waals surface area contributed by atoms with Crippen molar-refractivity contribution >= 4 is 5.91 Å². The highest BCUT2D eigenvalue weighted by molar-refractivity contribution is 5.74. The van der Waals surface area contributed by atoms with Gasteiger partial charge in [-0.3, -0.25) is 4.79 Å². The van der Waals surface area contributed by atoms with Gasteiger partial charge in [-0.1, -0.05) is 0 Å². The van der Waals surface area contributed by atoms with Crippen molar-refractivity contribution in [2.75, 3.05) is 39.4 Å². The molecule has 5 heteroatoms. The number of hydrogen-bond acceptors (Lipinski definition) is 4. The van der Waals surface area contributed by atoms with Gasteiger partial charge in [0.25, 0.3) is 0 Å². The van der Waals surface area contributed by atoms with Crippen LogP contribution >= 0.6 is 0 Å². The van der Waals surface area contributed by atoms with Crippen molar-refractivity contribution in [3.05, 3.63) is 0 Å². The predicted molar refractivity (Wildman–Crippen MR) is 58.5 cm³/mol. The van der Waals surface area contributed by atoms with Gasteiger partial charge in [0.2, 0.25) is 5.91 Å². The number of carbonyl (C=O) groups is 1. The van der Waals surface area contributed by atoms with Crippen LogP contribution in [0.3, 0.4) is 0 Å². The lowest BCUT2D eigenvalue weighted by Crippen LogP contribution is -2.34. The molecule has 0 spiro atoms. The molecule has 0 aromatic heterocycles. The van der Waals surface area contributed by atoms with Crippen LogP contribution in [0.5, 0.6) is 0 Å². The van der Waals surface area contributed by atoms with E-state index >= 15 is 0 Å². The van der Waals surface area contributed by atoms with Gasteiger partial charge in [0.15, 0.2) is 0 Å². The molecule has 0 radical (unpaired) electrons. The normalized spacial score (nSPS) is 17.9. The minimum absolute atomic E-state index is 0.0228. The van der Waals surface area contributed by atoms with Crippen molar-refractivity contribution < 1.29 is 9.53 Å². The number of nitrogens with one attached hydrogen (secondary N) is 2. The lowest BCUT2D eigenvalue weighted by Gasteiger charge is -2.22. The fourth-order valence-electron chi connectivity index (χ4n) is 1.71. The molecular formula is C10H21N3O2. The molecule has 1 heterocycles. The number of rotatable bonds is 7. The van der Waals surface area contributed by atoms with E-state index in [1.54, 1.807) is 0 Å². The first-order valence-corrected chi connectivity index (χ1v) is 5.56. The van der Waals surface area contributed by atoms with Crippen molar-refractivity contribution in [2.24, 2.45) is 11.7 Å². The average Bonchev–Trinajstić information content (AvgIpc) is 2.24. The van der Waals surface area contributed by atoms with E-state index in [4.69, 9.17) is 10.5 Å². The zero-order valence-corrected chi connectivity index (χ0v) is 9.13. The molecule has 1 aliphatic rings. The number of primary amides is 1. The Hall–Kier alpha value is -0.650. The Kier molecular flexibility index (Phi) is 6.31. The van der Waals surface area contributed by atoms with Crippen molar-refractivity contribution in [1.82, 2.24) is 10.6 Å². The summed E-state index contributed by atoms with van der Waals surface area (Å²) in [5, 5.41) is 6.66. The molecule has 1 aliphatic heterocycles. The van der Waals surface area contributed by atoms with Crippen LogP contribution in [0.2, 0.25) is 0 Å². The third kappa shape index (κ3) is 6.43. The predicted octanol–water partition coefficient (Wildman–Crippen LogP) is -0.922. The summed E-state index contributed by atoms with van der Waals surface area (Å²) < 4.78 is 5.04. The van der Waals surface area contributed by atoms with Crippen LogP contribution < -0.4 is 16.4 Å². The molecule has 0 aromatic carbocycles. The summed E-state index contributed by atoms with van der Waals surface area (Å²) in [4.78, 5) is 10.3. The molecule has 4 N–H and O–H groups in total. The highest BCUT2D eigenvalue weighted by Gasteiger charge is 2.11. The van der Waals surface area contributed by atoms with Gasteiger partial charge in [-0.25, -0.2) is 0 Å². The SMILES string of the molecule is NC(=O)COCCNCC1CCNCC1. The first-order chi connectivity index (χ1) is 7.29. The molecule has 0 unspecified atom stereocenters. The van der Waals surface area contributed by atoms with Crippen LogP contribution in [0.1, 0.15) is 12.8 Å². The Morgan fingerprint density at radius 1 is 1.47 bits per heavy atom. The zero-order valence-electron chi connectivity index (χ0n) is 9.13. The minimum atomic E-state index is -0.409. The van der Waals surface area contributed by atoms with E-state index in [1.165, 1.54) is 12.8 Å². The van der Waals surface area contributed by atoms with Crippen LogP contribution in [0, 0.1) is 5.92 Å². The fourth-order valence-corrected chi connectivity index (χ4v) is 1.71. The standard InChI is InChI=1S/C10H21N3O2/c11-10(14)8-15-6-5-13-7-9-1-3-12-4-2-9/h9,12-13H,1-8H2,(H2,11,14). The van der Waals surface area contributed by atoms with Gasteiger partial charge in [-0.2, -0.15) is 0 Å². The molecule has 1 amide bonds. The Labute approximate surface area is 90.7 Å². The molecule has 0 saturated carbocycles. The highest BCUT2D eigenvalue weighted by Crippen LogP contribution is 2.09. The van der Waals surface area contributed by atoms with Crippen LogP contribution in [-0.2, 0) is 9.53 Å². The van der Waals surface area contributed by atoms with Crippen molar-refractivity contribution in [3.63, 3.8) is 0 Å². The number of hydrogen-bond donors (Lipinski definition) is 3. The van der Waals surface area contributed by atoms with E-state index < -0.39 is 5.91 Å². The summed E-state index contributed by atoms with van der Waals surface area (Å²) in [7, 11) is 0. The second-order valence-electron chi connectivity index (χ2n) is 3.92. The van der Waals surface area contributed by atoms with Gasteiger partial charge in [0.05, 0.1) is 6.61 Å². The van der Waals surface area contributed by atoms with Crippen LogP contribution in [0.25, 0.3) is 0 Å². The molecule has 88 valence electrons. The first kappa shape index (κ1) is 12.4. The molecular weight excluding hydrogens is 194 g/mol. The van der Waals surface area contributed by atoms with Crippen LogP contribution in [0.15, 0.2) is 0 Å². The van der Waals surface area contributed by atoms with Crippen molar-refractivity contribution in [1.29, 1.82) is 0 Å². The Bertz CT molecular complexity index is 182. The molecule has 0 aromatic rings. The Balaban J connectivity index is 1.85. The number of carbonyl (C=O) groups excluding carboxylic acids is 1. The molecule has 1 fully saturated rings. The second-order valence-corrected chi connectivity index (χ2v) is 3.92. The minimum Gasteiger partial charge on any atom is -0.370 e. The molecule has 0 aliphatic carbocycles. The average molecular weight is 215 g/mol. The van der Waals surface area contributed by atoms with E-state index in [2.05, 4.69) is 10.6 Å². The topological polar surface area (TPSA) is 76.4 Å². The summed E-state index contributed by atoms with van der Waals surface area (Å²) in [6.07, 6.45) is 2.49. The lowest BCUT2D eigenvalue weighted by atomic mass is 9.98. The number of piperidine rings is 1. The third-order valence-electron chi connectivity index (χ3n) is 2.56. The number of nitrogens with two attached hydrogens (primary N) is 1. The van der Waals surface area contributed by atoms with E-state index in [0.717, 1.165) is 32.1 Å². The van der Waals surface area contributed by atoms with Crippen molar-refractivity contribution in [2.45, 2.75) is 12.8 Å². The van der Waals surface area contributed by atoms with Crippen LogP contribution in [0.4, 0.5) is 0 Å². The Morgan fingerprint density at radius 2 is 2.20 bits per heavy atom. The molecule has 0 bridgehead atoms. The Morgan fingerprint density at radius 3 is 2.87 bits per heavy atom. The third-order valence-corrected chi connectivity index (χ3v) is 2.56. The summed E-state index contributed by atoms with van der Waals surface area (Å²) in [6, 6.07) is 0. The van der Waals surface area contributed by atoms with Gasteiger partial charge in [0, 0.05) is 6.54 Å². The summed E-state index contributed by atoms with van der Waals surface area (Å²) in [5.41, 5.74) is 4.93. The molecule has 1 saturated heterocycles. The monoisotopic (exact) mass is 215 g/mol. The van der Waals surface area contributed by atoms with Crippen LogP contribution in [-0.4, -0.2) is 45.3 Å². The van der Waals surface area contributed by atoms with Gasteiger partial charge >= 0.3 is 0 Å². The molecule has 15 heavy (non-hydrogen) atoms. The van der Waals surface area contributed by atoms with E-state index in [9.17, 15) is 4.79 Å². The number of amides is 1. The van der Waals surface area contributed by atoms with Gasteiger partial charge in [-0.15, -0.1) is 0 Å². The maximum Gasteiger partial charge on any atom is 0.243 e. The van der Waals surface area contributed by atoms with E-state index in [0.29, 0.717) is 6.61 Å². The molecule has 1 rings (SSSR count). The summed E-state index contributed by atoms with van der Waals surface area (Å²) in [6.45, 7) is 4.66. The summed E-state index contributed by atoms with van der Waals surface area (Å²) >= 11 is 0. The fraction of sp³-hybridized carbons (Fsp3) is 0.900. The van der Waals surface area contributed by atoms with E-state index in [1.807, 2.05) is 0 Å². The lowest BCUT2D eigenvalue weighted by molar-refractivity contribution is -0.122. The summed E-state index contributed by atoms with van der Waals surface area (Å²) in [5.74, 6) is 0.371. The smallest absolute Gasteiger partial charge is 0.243 e. The van der Waals surface area contributed by atoms with Gasteiger partial charge in [0.1, 0.15) is 6.61 Å². The quantitative estimate of drug-likeness (QED) is 0.480. The van der Waals surface area contributed by atoms with E-state index in [-0.39, 0.29) is 6.61 Å². The zero-order chi connectivity index (χ0) is 10.9. The van der Waals surface area contributed by atoms with Gasteiger partial charge < -0.3 is 21.1 Å². The highest BCUT2D eigenvalue weighted by atomic mass is 16.5. The first-order valence-electron chi connectivity index (χ1n) is 5.56. The van der Waals surface area contributed by atoms with Crippen molar-refractivity contribution in [3.8, 4) is 0 Å². The largest absolute Gasteiger partial charge is 0.370 e. The van der Waals surface area contributed by atoms with Gasteiger partial charge in [-0.05, 0) is 38.4 Å². The number of ether oxygens (including phenoxy) is 1. The second kappa shape index (κ2) is 7.62.